The lowest BCUT2D eigenvalue weighted by atomic mass is 10.1. The van der Waals surface area contributed by atoms with Crippen LogP contribution >= 0.6 is 0 Å². The van der Waals surface area contributed by atoms with Crippen molar-refractivity contribution in [3.8, 4) is 11.3 Å². The maximum absolute atomic E-state index is 12.4. The fourth-order valence-electron chi connectivity index (χ4n) is 3.01. The van der Waals surface area contributed by atoms with Gasteiger partial charge in [-0.05, 0) is 56.3 Å². The van der Waals surface area contributed by atoms with Gasteiger partial charge in [0.05, 0.1) is 12.2 Å². The summed E-state index contributed by atoms with van der Waals surface area (Å²) in [4.78, 5) is 12.4. The zero-order chi connectivity index (χ0) is 20.9. The summed E-state index contributed by atoms with van der Waals surface area (Å²) in [5.74, 6) is 1.97. The monoisotopic (exact) mass is 398 g/mol. The molecule has 0 saturated heterocycles. The van der Waals surface area contributed by atoms with Crippen LogP contribution in [0.2, 0.25) is 0 Å². The Balaban J connectivity index is 1.41. The molecule has 0 aliphatic rings. The lowest BCUT2D eigenvalue weighted by Crippen LogP contribution is -2.22. The third-order valence-corrected chi connectivity index (χ3v) is 4.63. The molecule has 30 heavy (non-hydrogen) atoms. The van der Waals surface area contributed by atoms with E-state index in [1.54, 1.807) is 12.1 Å². The summed E-state index contributed by atoms with van der Waals surface area (Å²) in [7, 11) is 0. The molecule has 150 valence electrons. The van der Waals surface area contributed by atoms with E-state index < -0.39 is 0 Å². The second kappa shape index (κ2) is 8.61. The molecule has 0 spiro atoms. The largest absolute Gasteiger partial charge is 0.465 e. The van der Waals surface area contributed by atoms with Crippen molar-refractivity contribution in [3.05, 3.63) is 95.4 Å². The maximum Gasteiger partial charge on any atom is 0.251 e. The van der Waals surface area contributed by atoms with Gasteiger partial charge in [0.25, 0.3) is 5.91 Å². The Morgan fingerprint density at radius 2 is 1.77 bits per heavy atom. The molecular formula is C24H22N4O2. The molecule has 0 saturated carbocycles. The van der Waals surface area contributed by atoms with Crippen molar-refractivity contribution in [1.29, 1.82) is 0 Å². The van der Waals surface area contributed by atoms with Crippen molar-refractivity contribution >= 4 is 17.4 Å². The first-order valence-electron chi connectivity index (χ1n) is 9.68. The highest BCUT2D eigenvalue weighted by molar-refractivity contribution is 5.95. The number of carbonyl (C=O) groups is 1. The van der Waals surface area contributed by atoms with Gasteiger partial charge in [-0.2, -0.15) is 0 Å². The Bertz CT molecular complexity index is 1150. The first-order chi connectivity index (χ1) is 14.6. The molecule has 0 unspecified atom stereocenters. The number of nitrogens with zero attached hydrogens (tertiary/aromatic N) is 2. The number of aromatic nitrogens is 2. The van der Waals surface area contributed by atoms with Crippen molar-refractivity contribution in [2.75, 3.05) is 5.32 Å². The Kier molecular flexibility index (Phi) is 5.57. The number of hydrogen-bond donors (Lipinski definition) is 2. The van der Waals surface area contributed by atoms with Crippen LogP contribution in [-0.4, -0.2) is 16.1 Å². The lowest BCUT2D eigenvalue weighted by Gasteiger charge is -2.08. The van der Waals surface area contributed by atoms with E-state index in [-0.39, 0.29) is 5.91 Å². The molecule has 0 bridgehead atoms. The molecule has 6 nitrogen and oxygen atoms in total. The van der Waals surface area contributed by atoms with Crippen molar-refractivity contribution in [3.63, 3.8) is 0 Å². The van der Waals surface area contributed by atoms with Crippen LogP contribution in [0.4, 0.5) is 11.5 Å². The van der Waals surface area contributed by atoms with Crippen LogP contribution in [0.3, 0.4) is 0 Å². The number of hydrogen-bond acceptors (Lipinski definition) is 5. The number of amides is 1. The smallest absolute Gasteiger partial charge is 0.251 e. The summed E-state index contributed by atoms with van der Waals surface area (Å²) in [6.45, 7) is 4.27. The minimum absolute atomic E-state index is 0.173. The van der Waals surface area contributed by atoms with E-state index in [9.17, 15) is 4.79 Å². The van der Waals surface area contributed by atoms with Gasteiger partial charge in [-0.3, -0.25) is 4.79 Å². The summed E-state index contributed by atoms with van der Waals surface area (Å²) in [5.41, 5.74) is 4.33. The Hall–Kier alpha value is -3.93. The standard InChI is InChI=1S/C24H22N4O2/c1-16-6-9-18(10-7-16)22-12-13-23(28-27-22)26-20-5-3-4-19(14-20)24(29)25-15-21-11-8-17(2)30-21/h3-14H,15H2,1-2H3,(H,25,29)(H,26,28). The SMILES string of the molecule is Cc1ccc(-c2ccc(Nc3cccc(C(=O)NCc4ccc(C)o4)c3)nn2)cc1. The van der Waals surface area contributed by atoms with Gasteiger partial charge in [-0.25, -0.2) is 0 Å². The van der Waals surface area contributed by atoms with E-state index in [0.29, 0.717) is 17.9 Å². The molecule has 1 amide bonds. The number of nitrogens with one attached hydrogen (secondary N) is 2. The van der Waals surface area contributed by atoms with Gasteiger partial charge in [0.15, 0.2) is 5.82 Å². The Labute approximate surface area is 175 Å². The summed E-state index contributed by atoms with van der Waals surface area (Å²) in [6.07, 6.45) is 0. The Morgan fingerprint density at radius 1 is 0.933 bits per heavy atom. The molecule has 0 aliphatic heterocycles. The Morgan fingerprint density at radius 3 is 2.47 bits per heavy atom. The number of anilines is 2. The lowest BCUT2D eigenvalue weighted by molar-refractivity contribution is 0.0948. The third-order valence-electron chi connectivity index (χ3n) is 4.63. The second-order valence-corrected chi connectivity index (χ2v) is 7.07. The van der Waals surface area contributed by atoms with Gasteiger partial charge >= 0.3 is 0 Å². The summed E-state index contributed by atoms with van der Waals surface area (Å²) < 4.78 is 5.48. The summed E-state index contributed by atoms with van der Waals surface area (Å²) >= 11 is 0. The number of rotatable bonds is 6. The van der Waals surface area contributed by atoms with E-state index >= 15 is 0 Å². The van der Waals surface area contributed by atoms with Crippen molar-refractivity contribution < 1.29 is 9.21 Å². The van der Waals surface area contributed by atoms with Gasteiger partial charge in [-0.15, -0.1) is 10.2 Å². The molecule has 2 aromatic heterocycles. The second-order valence-electron chi connectivity index (χ2n) is 7.07. The van der Waals surface area contributed by atoms with E-state index in [1.165, 1.54) is 5.56 Å². The summed E-state index contributed by atoms with van der Waals surface area (Å²) in [5, 5.41) is 14.6. The molecule has 0 aliphatic carbocycles. The summed E-state index contributed by atoms with van der Waals surface area (Å²) in [6, 6.07) is 22.9. The topological polar surface area (TPSA) is 80.0 Å². The van der Waals surface area contributed by atoms with Crippen molar-refractivity contribution in [1.82, 2.24) is 15.5 Å². The van der Waals surface area contributed by atoms with Crippen LogP contribution < -0.4 is 10.6 Å². The number of benzene rings is 2. The highest BCUT2D eigenvalue weighted by Crippen LogP contribution is 2.20. The van der Waals surface area contributed by atoms with Gasteiger partial charge in [0.2, 0.25) is 0 Å². The molecule has 4 rings (SSSR count). The van der Waals surface area contributed by atoms with Crippen molar-refractivity contribution in [2.24, 2.45) is 0 Å². The van der Waals surface area contributed by atoms with Crippen LogP contribution in [0.25, 0.3) is 11.3 Å². The fourth-order valence-corrected chi connectivity index (χ4v) is 3.01. The minimum Gasteiger partial charge on any atom is -0.465 e. The minimum atomic E-state index is -0.173. The van der Waals surface area contributed by atoms with Crippen LogP contribution in [0.5, 0.6) is 0 Å². The van der Waals surface area contributed by atoms with E-state index in [4.69, 9.17) is 4.42 Å². The van der Waals surface area contributed by atoms with Crippen LogP contribution in [0.1, 0.15) is 27.4 Å². The molecule has 2 N–H and O–H groups in total. The van der Waals surface area contributed by atoms with E-state index in [1.807, 2.05) is 67.6 Å². The quantitative estimate of drug-likeness (QED) is 0.476. The number of furan rings is 1. The van der Waals surface area contributed by atoms with Crippen LogP contribution in [0.15, 0.2) is 77.2 Å². The zero-order valence-electron chi connectivity index (χ0n) is 16.8. The predicted molar refractivity (Wildman–Crippen MR) is 117 cm³/mol. The average molecular weight is 398 g/mol. The zero-order valence-corrected chi connectivity index (χ0v) is 16.8. The van der Waals surface area contributed by atoms with Gasteiger partial charge in [0.1, 0.15) is 11.5 Å². The highest BCUT2D eigenvalue weighted by atomic mass is 16.3. The molecule has 4 aromatic rings. The molecule has 2 aromatic carbocycles. The van der Waals surface area contributed by atoms with Gasteiger partial charge < -0.3 is 15.1 Å². The van der Waals surface area contributed by atoms with E-state index in [2.05, 4.69) is 27.8 Å². The molecule has 0 atom stereocenters. The highest BCUT2D eigenvalue weighted by Gasteiger charge is 2.08. The van der Waals surface area contributed by atoms with Crippen LogP contribution in [-0.2, 0) is 6.54 Å². The first-order valence-corrected chi connectivity index (χ1v) is 9.68. The molecular weight excluding hydrogens is 376 g/mol. The normalized spacial score (nSPS) is 10.6. The molecule has 0 radical (unpaired) electrons. The predicted octanol–water partition coefficient (Wildman–Crippen LogP) is 5.03. The van der Waals surface area contributed by atoms with Crippen molar-refractivity contribution in [2.45, 2.75) is 20.4 Å². The van der Waals surface area contributed by atoms with Gasteiger partial charge in [0, 0.05) is 16.8 Å². The number of aryl methyl sites for hydroxylation is 2. The number of carbonyl (C=O) groups excluding carboxylic acids is 1. The fraction of sp³-hybridized carbons (Fsp3) is 0.125. The van der Waals surface area contributed by atoms with E-state index in [0.717, 1.165) is 28.5 Å². The average Bonchev–Trinajstić information content (AvgIpc) is 3.18. The first kappa shape index (κ1) is 19.4. The molecule has 0 fully saturated rings. The molecule has 2 heterocycles. The van der Waals surface area contributed by atoms with Gasteiger partial charge in [-0.1, -0.05) is 35.9 Å². The molecule has 6 heteroatoms. The maximum atomic E-state index is 12.4. The van der Waals surface area contributed by atoms with Crippen LogP contribution in [0, 0.1) is 13.8 Å². The third kappa shape index (κ3) is 4.72.